The normalized spacial score (nSPS) is 47.9. The van der Waals surface area contributed by atoms with Gasteiger partial charge < -0.3 is 19.3 Å². The van der Waals surface area contributed by atoms with Crippen LogP contribution in [-0.4, -0.2) is 52.7 Å². The van der Waals surface area contributed by atoms with E-state index >= 15 is 0 Å². The SMILES string of the molecule is C=C1C[C@H]2[C@]3(C)[C@H](C[C@@H](OC(C)=O)[C@@]2(C)[C@@H]2C(=O)O[C@@H](C)C(=O)[C@]12C)C(C)(C)OC(=O)C[C@@H]3O. The quantitative estimate of drug-likeness (QED) is 0.349. The Labute approximate surface area is 200 Å². The first-order chi connectivity index (χ1) is 15.5. The predicted molar refractivity (Wildman–Crippen MR) is 120 cm³/mol. The summed E-state index contributed by atoms with van der Waals surface area (Å²) in [7, 11) is 0. The minimum absolute atomic E-state index is 0.184. The van der Waals surface area contributed by atoms with E-state index in [2.05, 4.69) is 6.58 Å². The number of ketones is 1. The average molecular weight is 477 g/mol. The molecule has 0 bridgehead atoms. The van der Waals surface area contributed by atoms with Gasteiger partial charge in [0, 0.05) is 23.7 Å². The Kier molecular flexibility index (Phi) is 5.41. The Morgan fingerprint density at radius 2 is 1.68 bits per heavy atom. The van der Waals surface area contributed by atoms with Crippen LogP contribution < -0.4 is 0 Å². The van der Waals surface area contributed by atoms with Crippen LogP contribution in [0.4, 0.5) is 0 Å². The highest BCUT2D eigenvalue weighted by atomic mass is 16.6. The van der Waals surface area contributed by atoms with Crippen molar-refractivity contribution in [2.45, 2.75) is 91.6 Å². The average Bonchev–Trinajstić information content (AvgIpc) is 2.75. The standard InChI is InChI=1S/C26H36O8/c1-12-9-16-25(7)15(23(4,5)34-19(29)11-17(25)28)10-18(33-14(3)27)26(16,8)20-22(31)32-13(2)21(30)24(12,20)6/h13,15-18,20,28H,1,9-11H2,2-8H3/t13-,15+,16-,17-,18+,20+,24+,25-,26-/m0/s1. The van der Waals surface area contributed by atoms with E-state index in [9.17, 15) is 24.3 Å². The van der Waals surface area contributed by atoms with Crippen LogP contribution in [0.5, 0.6) is 0 Å². The molecule has 4 rings (SSSR count). The zero-order valence-corrected chi connectivity index (χ0v) is 21.1. The van der Waals surface area contributed by atoms with Crippen molar-refractivity contribution < 1.29 is 38.5 Å². The minimum atomic E-state index is -1.20. The molecule has 9 atom stereocenters. The van der Waals surface area contributed by atoms with Crippen molar-refractivity contribution in [1.82, 2.24) is 0 Å². The van der Waals surface area contributed by atoms with Crippen LogP contribution in [0.3, 0.4) is 0 Å². The molecule has 2 aliphatic carbocycles. The Bertz CT molecular complexity index is 983. The molecule has 2 saturated carbocycles. The summed E-state index contributed by atoms with van der Waals surface area (Å²) < 4.78 is 17.2. The summed E-state index contributed by atoms with van der Waals surface area (Å²) in [6.07, 6.45) is -2.31. The number of hydrogen-bond acceptors (Lipinski definition) is 8. The highest BCUT2D eigenvalue weighted by Crippen LogP contribution is 2.71. The van der Waals surface area contributed by atoms with E-state index < -0.39 is 69.9 Å². The van der Waals surface area contributed by atoms with Crippen LogP contribution in [0.25, 0.3) is 0 Å². The summed E-state index contributed by atoms with van der Waals surface area (Å²) in [5.74, 6) is -3.53. The van der Waals surface area contributed by atoms with Crippen LogP contribution in [0, 0.1) is 34.0 Å². The molecule has 0 radical (unpaired) electrons. The Morgan fingerprint density at radius 1 is 1.06 bits per heavy atom. The van der Waals surface area contributed by atoms with Crippen LogP contribution in [0.15, 0.2) is 12.2 Å². The Morgan fingerprint density at radius 3 is 2.26 bits per heavy atom. The predicted octanol–water partition coefficient (Wildman–Crippen LogP) is 2.75. The van der Waals surface area contributed by atoms with Gasteiger partial charge in [-0.1, -0.05) is 26.0 Å². The van der Waals surface area contributed by atoms with Crippen molar-refractivity contribution in [2.24, 2.45) is 34.0 Å². The van der Waals surface area contributed by atoms with Gasteiger partial charge in [-0.05, 0) is 46.5 Å². The summed E-state index contributed by atoms with van der Waals surface area (Å²) >= 11 is 0. The van der Waals surface area contributed by atoms with Gasteiger partial charge >= 0.3 is 17.9 Å². The van der Waals surface area contributed by atoms with Crippen LogP contribution in [0.2, 0.25) is 0 Å². The lowest BCUT2D eigenvalue weighted by atomic mass is 9.36. The maximum absolute atomic E-state index is 13.5. The third-order valence-electron chi connectivity index (χ3n) is 9.79. The molecular weight excluding hydrogens is 440 g/mol. The lowest BCUT2D eigenvalue weighted by Gasteiger charge is -2.68. The number of cyclic esters (lactones) is 2. The molecule has 0 aromatic heterocycles. The number of carbonyl (C=O) groups is 4. The zero-order chi connectivity index (χ0) is 25.6. The maximum atomic E-state index is 13.5. The number of esters is 3. The topological polar surface area (TPSA) is 116 Å². The van der Waals surface area contributed by atoms with Crippen molar-refractivity contribution in [3.05, 3.63) is 12.2 Å². The van der Waals surface area contributed by atoms with Gasteiger partial charge in [0.05, 0.1) is 23.9 Å². The minimum Gasteiger partial charge on any atom is -0.462 e. The molecule has 0 aromatic carbocycles. The fourth-order valence-corrected chi connectivity index (χ4v) is 8.15. The molecule has 0 unspecified atom stereocenters. The summed E-state index contributed by atoms with van der Waals surface area (Å²) in [6.45, 7) is 16.3. The molecule has 0 spiro atoms. The number of aliphatic hydroxyl groups excluding tert-OH is 1. The molecule has 8 nitrogen and oxygen atoms in total. The fraction of sp³-hybridized carbons (Fsp3) is 0.769. The lowest BCUT2D eigenvalue weighted by Crippen LogP contribution is -2.72. The third-order valence-corrected chi connectivity index (χ3v) is 9.79. The molecular formula is C26H36O8. The fourth-order valence-electron chi connectivity index (χ4n) is 8.15. The maximum Gasteiger partial charge on any atom is 0.311 e. The summed E-state index contributed by atoms with van der Waals surface area (Å²) in [5.41, 5.74) is -3.50. The second-order valence-corrected chi connectivity index (χ2v) is 11.9. The van der Waals surface area contributed by atoms with E-state index in [0.717, 1.165) is 0 Å². The molecule has 34 heavy (non-hydrogen) atoms. The van der Waals surface area contributed by atoms with Gasteiger partial charge in [0.2, 0.25) is 0 Å². The number of allylic oxidation sites excluding steroid dienone is 1. The molecule has 8 heteroatoms. The third kappa shape index (κ3) is 2.99. The number of hydrogen-bond donors (Lipinski definition) is 1. The van der Waals surface area contributed by atoms with Crippen LogP contribution in [-0.2, 0) is 33.4 Å². The highest BCUT2D eigenvalue weighted by molar-refractivity contribution is 6.00. The number of aliphatic hydroxyl groups is 1. The van der Waals surface area contributed by atoms with E-state index in [4.69, 9.17) is 14.2 Å². The van der Waals surface area contributed by atoms with Gasteiger partial charge in [-0.15, -0.1) is 0 Å². The Hall–Kier alpha value is -2.22. The van der Waals surface area contributed by atoms with Gasteiger partial charge in [0.25, 0.3) is 0 Å². The molecule has 4 aliphatic rings. The van der Waals surface area contributed by atoms with Gasteiger partial charge in [-0.2, -0.15) is 0 Å². The molecule has 188 valence electrons. The van der Waals surface area contributed by atoms with Gasteiger partial charge in [0.15, 0.2) is 11.9 Å². The Balaban J connectivity index is 1.98. The summed E-state index contributed by atoms with van der Waals surface area (Å²) in [5, 5.41) is 11.5. The largest absolute Gasteiger partial charge is 0.462 e. The second kappa shape index (κ2) is 7.39. The molecule has 1 N–H and O–H groups in total. The summed E-state index contributed by atoms with van der Waals surface area (Å²) in [6, 6.07) is 0. The first-order valence-electron chi connectivity index (χ1n) is 12.0. The number of ether oxygens (including phenoxy) is 3. The molecule has 2 heterocycles. The van der Waals surface area contributed by atoms with Crippen molar-refractivity contribution in [1.29, 1.82) is 0 Å². The molecule has 2 saturated heterocycles. The van der Waals surface area contributed by atoms with Crippen LogP contribution in [0.1, 0.15) is 67.7 Å². The monoisotopic (exact) mass is 476 g/mol. The smallest absolute Gasteiger partial charge is 0.311 e. The van der Waals surface area contributed by atoms with E-state index in [-0.39, 0.29) is 24.5 Å². The highest BCUT2D eigenvalue weighted by Gasteiger charge is 2.75. The van der Waals surface area contributed by atoms with Crippen molar-refractivity contribution in [2.75, 3.05) is 0 Å². The van der Waals surface area contributed by atoms with Gasteiger partial charge in [0.1, 0.15) is 11.7 Å². The van der Waals surface area contributed by atoms with E-state index in [0.29, 0.717) is 12.0 Å². The number of rotatable bonds is 1. The molecule has 0 aromatic rings. The van der Waals surface area contributed by atoms with Gasteiger partial charge in [-0.3, -0.25) is 19.2 Å². The van der Waals surface area contributed by atoms with E-state index in [1.807, 2.05) is 13.8 Å². The molecule has 0 amide bonds. The first-order valence-corrected chi connectivity index (χ1v) is 12.0. The van der Waals surface area contributed by atoms with Crippen LogP contribution >= 0.6 is 0 Å². The number of carbonyl (C=O) groups excluding carboxylic acids is 4. The number of Topliss-reactive ketones (excluding diaryl/α,β-unsaturated/α-hetero) is 1. The van der Waals surface area contributed by atoms with Crippen molar-refractivity contribution in [3.8, 4) is 0 Å². The van der Waals surface area contributed by atoms with E-state index in [1.165, 1.54) is 6.92 Å². The zero-order valence-electron chi connectivity index (χ0n) is 21.1. The molecule has 4 fully saturated rings. The number of fused-ring (bicyclic) bond motifs is 5. The lowest BCUT2D eigenvalue weighted by molar-refractivity contribution is -0.255. The van der Waals surface area contributed by atoms with E-state index in [1.54, 1.807) is 27.7 Å². The first kappa shape index (κ1) is 24.9. The van der Waals surface area contributed by atoms with Crippen molar-refractivity contribution in [3.63, 3.8) is 0 Å². The summed E-state index contributed by atoms with van der Waals surface area (Å²) in [4.78, 5) is 51.8. The van der Waals surface area contributed by atoms with Crippen molar-refractivity contribution >= 4 is 23.7 Å². The van der Waals surface area contributed by atoms with Gasteiger partial charge in [-0.25, -0.2) is 0 Å². The second-order valence-electron chi connectivity index (χ2n) is 11.9. The molecule has 2 aliphatic heterocycles.